The number of likely N-dealkylation sites (tertiary alicyclic amines) is 1. The third-order valence-corrected chi connectivity index (χ3v) is 2.83. The molecule has 1 fully saturated rings. The summed E-state index contributed by atoms with van der Waals surface area (Å²) in [7, 11) is 0. The van der Waals surface area contributed by atoms with Crippen LogP contribution in [0.2, 0.25) is 0 Å². The fourth-order valence-corrected chi connectivity index (χ4v) is 2.03. The second kappa shape index (κ2) is 7.53. The zero-order valence-electron chi connectivity index (χ0n) is 9.49. The number of amides is 1. The molecule has 0 aliphatic carbocycles. The summed E-state index contributed by atoms with van der Waals surface area (Å²) in [4.78, 5) is 13.8. The minimum absolute atomic E-state index is 0. The predicted molar refractivity (Wildman–Crippen MR) is 70.5 cm³/mol. The van der Waals surface area contributed by atoms with Crippen LogP contribution in [-0.2, 0) is 11.3 Å². The van der Waals surface area contributed by atoms with Crippen LogP contribution in [0.4, 0.5) is 0 Å². The lowest BCUT2D eigenvalue weighted by molar-refractivity contribution is -0.132. The number of nitrogens with two attached hydrogens (primary N) is 1. The quantitative estimate of drug-likeness (QED) is 0.886. The maximum absolute atomic E-state index is 11.9. The van der Waals surface area contributed by atoms with Gasteiger partial charge in [0.2, 0.25) is 5.91 Å². The van der Waals surface area contributed by atoms with Crippen molar-refractivity contribution in [1.29, 1.82) is 0 Å². The fraction of sp³-hybridized carbons (Fsp3) is 0.600. The van der Waals surface area contributed by atoms with Crippen LogP contribution in [-0.4, -0.2) is 39.7 Å². The van der Waals surface area contributed by atoms with Crippen LogP contribution in [0.1, 0.15) is 12.8 Å². The van der Waals surface area contributed by atoms with Crippen molar-refractivity contribution in [3.63, 3.8) is 0 Å². The van der Waals surface area contributed by atoms with Gasteiger partial charge in [0, 0.05) is 31.5 Å². The first-order valence-corrected chi connectivity index (χ1v) is 5.28. The average molecular weight is 281 g/mol. The molecular weight excluding hydrogens is 263 g/mol. The van der Waals surface area contributed by atoms with Crippen LogP contribution in [0.3, 0.4) is 0 Å². The molecule has 0 spiro atoms. The van der Waals surface area contributed by atoms with Crippen molar-refractivity contribution in [2.24, 2.45) is 5.73 Å². The highest BCUT2D eigenvalue weighted by Crippen LogP contribution is 2.16. The van der Waals surface area contributed by atoms with Crippen LogP contribution in [0, 0.1) is 0 Å². The number of hydrogen-bond acceptors (Lipinski definition) is 3. The summed E-state index contributed by atoms with van der Waals surface area (Å²) in [6, 6.07) is 2.05. The van der Waals surface area contributed by atoms with E-state index in [1.54, 1.807) is 17.1 Å². The van der Waals surface area contributed by atoms with Gasteiger partial charge in [-0.1, -0.05) is 0 Å². The van der Waals surface area contributed by atoms with E-state index in [1.807, 2.05) is 11.0 Å². The Kier molecular flexibility index (Phi) is 7.18. The van der Waals surface area contributed by atoms with Crippen molar-refractivity contribution in [3.05, 3.63) is 18.5 Å². The van der Waals surface area contributed by atoms with Gasteiger partial charge in [0.05, 0.1) is 0 Å². The monoisotopic (exact) mass is 280 g/mol. The van der Waals surface area contributed by atoms with Crippen LogP contribution in [0.5, 0.6) is 0 Å². The van der Waals surface area contributed by atoms with E-state index >= 15 is 0 Å². The van der Waals surface area contributed by atoms with Crippen molar-refractivity contribution >= 4 is 30.7 Å². The van der Waals surface area contributed by atoms with Crippen LogP contribution >= 0.6 is 24.8 Å². The third-order valence-electron chi connectivity index (χ3n) is 2.83. The van der Waals surface area contributed by atoms with Gasteiger partial charge >= 0.3 is 0 Å². The largest absolute Gasteiger partial charge is 0.337 e. The van der Waals surface area contributed by atoms with Crippen LogP contribution in [0.15, 0.2) is 18.5 Å². The van der Waals surface area contributed by atoms with Gasteiger partial charge in [-0.3, -0.25) is 9.48 Å². The third kappa shape index (κ3) is 3.87. The summed E-state index contributed by atoms with van der Waals surface area (Å²) < 4.78 is 1.65. The molecule has 2 rings (SSSR count). The van der Waals surface area contributed by atoms with E-state index in [0.29, 0.717) is 13.1 Å². The first kappa shape index (κ1) is 16.2. The van der Waals surface area contributed by atoms with Gasteiger partial charge in [-0.25, -0.2) is 0 Å². The lowest BCUT2D eigenvalue weighted by Gasteiger charge is -2.23. The standard InChI is InChI=1S/C10H16N4O.2ClH/c11-7-9-3-1-6-14(9)10(15)8-13-5-2-4-12-13;;/h2,4-5,9H,1,3,6-8,11H2;2*1H. The summed E-state index contributed by atoms with van der Waals surface area (Å²) in [5, 5.41) is 4.02. The van der Waals surface area contributed by atoms with E-state index in [9.17, 15) is 4.79 Å². The fourth-order valence-electron chi connectivity index (χ4n) is 2.03. The minimum Gasteiger partial charge on any atom is -0.337 e. The molecule has 1 saturated heterocycles. The number of carbonyl (C=O) groups excluding carboxylic acids is 1. The van der Waals surface area contributed by atoms with Crippen molar-refractivity contribution in [2.75, 3.05) is 13.1 Å². The normalized spacial score (nSPS) is 18.4. The van der Waals surface area contributed by atoms with Gasteiger partial charge in [0.15, 0.2) is 0 Å². The molecule has 1 aromatic rings. The van der Waals surface area contributed by atoms with Crippen molar-refractivity contribution in [1.82, 2.24) is 14.7 Å². The maximum Gasteiger partial charge on any atom is 0.244 e. The Morgan fingerprint density at radius 1 is 1.47 bits per heavy atom. The highest BCUT2D eigenvalue weighted by atomic mass is 35.5. The molecule has 1 amide bonds. The Morgan fingerprint density at radius 3 is 2.82 bits per heavy atom. The van der Waals surface area contributed by atoms with E-state index in [1.165, 1.54) is 0 Å². The first-order valence-electron chi connectivity index (χ1n) is 5.28. The Morgan fingerprint density at radius 2 is 2.24 bits per heavy atom. The molecular formula is C10H18Cl2N4O. The number of carbonyl (C=O) groups is 1. The van der Waals surface area contributed by atoms with E-state index < -0.39 is 0 Å². The number of hydrogen-bond donors (Lipinski definition) is 1. The van der Waals surface area contributed by atoms with Gasteiger partial charge in [0.25, 0.3) is 0 Å². The summed E-state index contributed by atoms with van der Waals surface area (Å²) in [5.41, 5.74) is 5.62. The molecule has 1 aliphatic rings. The molecule has 1 atom stereocenters. The number of rotatable bonds is 3. The average Bonchev–Trinajstić information content (AvgIpc) is 2.86. The highest BCUT2D eigenvalue weighted by molar-refractivity contribution is 5.85. The zero-order valence-corrected chi connectivity index (χ0v) is 11.1. The van der Waals surface area contributed by atoms with Gasteiger partial charge in [0.1, 0.15) is 6.54 Å². The second-order valence-electron chi connectivity index (χ2n) is 3.82. The molecule has 7 heteroatoms. The molecule has 0 bridgehead atoms. The molecule has 17 heavy (non-hydrogen) atoms. The van der Waals surface area contributed by atoms with E-state index in [-0.39, 0.29) is 36.8 Å². The molecule has 2 N–H and O–H groups in total. The van der Waals surface area contributed by atoms with Gasteiger partial charge in [-0.15, -0.1) is 24.8 Å². The molecule has 0 radical (unpaired) electrons. The molecule has 98 valence electrons. The Bertz CT molecular complexity index is 331. The summed E-state index contributed by atoms with van der Waals surface area (Å²) in [6.45, 7) is 1.72. The second-order valence-corrected chi connectivity index (χ2v) is 3.82. The zero-order chi connectivity index (χ0) is 10.7. The van der Waals surface area contributed by atoms with E-state index in [0.717, 1.165) is 19.4 Å². The number of aromatic nitrogens is 2. The van der Waals surface area contributed by atoms with Gasteiger partial charge in [-0.05, 0) is 18.9 Å². The Balaban J connectivity index is 0.00000128. The Labute approximate surface area is 113 Å². The smallest absolute Gasteiger partial charge is 0.244 e. The minimum atomic E-state index is 0. The Hall–Kier alpha value is -0.780. The summed E-state index contributed by atoms with van der Waals surface area (Å²) in [6.07, 6.45) is 5.57. The van der Waals surface area contributed by atoms with Gasteiger partial charge < -0.3 is 10.6 Å². The molecule has 0 saturated carbocycles. The molecule has 1 unspecified atom stereocenters. The molecule has 0 aromatic carbocycles. The lowest BCUT2D eigenvalue weighted by atomic mass is 10.2. The SMILES string of the molecule is Cl.Cl.NCC1CCCN1C(=O)Cn1cccn1. The number of nitrogens with zero attached hydrogens (tertiary/aromatic N) is 3. The molecule has 1 aliphatic heterocycles. The molecule has 2 heterocycles. The molecule has 5 nitrogen and oxygen atoms in total. The van der Waals surface area contributed by atoms with Crippen LogP contribution < -0.4 is 5.73 Å². The highest BCUT2D eigenvalue weighted by Gasteiger charge is 2.27. The lowest BCUT2D eigenvalue weighted by Crippen LogP contribution is -2.41. The van der Waals surface area contributed by atoms with Crippen LogP contribution in [0.25, 0.3) is 0 Å². The molecule has 1 aromatic heterocycles. The van der Waals surface area contributed by atoms with E-state index in [2.05, 4.69) is 5.10 Å². The topological polar surface area (TPSA) is 64.2 Å². The maximum atomic E-state index is 11.9. The van der Waals surface area contributed by atoms with E-state index in [4.69, 9.17) is 5.73 Å². The predicted octanol–water partition coefficient (Wildman–Crippen LogP) is 0.676. The summed E-state index contributed by atoms with van der Waals surface area (Å²) in [5.74, 6) is 0.117. The summed E-state index contributed by atoms with van der Waals surface area (Å²) >= 11 is 0. The van der Waals surface area contributed by atoms with Crippen molar-refractivity contribution in [3.8, 4) is 0 Å². The van der Waals surface area contributed by atoms with Crippen molar-refractivity contribution in [2.45, 2.75) is 25.4 Å². The van der Waals surface area contributed by atoms with Crippen molar-refractivity contribution < 1.29 is 4.79 Å². The number of halogens is 2. The van der Waals surface area contributed by atoms with Gasteiger partial charge in [-0.2, -0.15) is 5.10 Å². The first-order chi connectivity index (χ1) is 7.31.